The van der Waals surface area contributed by atoms with Gasteiger partial charge in [0.15, 0.2) is 0 Å². The van der Waals surface area contributed by atoms with Crippen LogP contribution in [0.4, 0.5) is 0 Å². The summed E-state index contributed by atoms with van der Waals surface area (Å²) in [7, 11) is 1.61. The van der Waals surface area contributed by atoms with E-state index in [2.05, 4.69) is 34.8 Å². The molecule has 0 saturated carbocycles. The summed E-state index contributed by atoms with van der Waals surface area (Å²) in [5, 5.41) is 0. The van der Waals surface area contributed by atoms with Gasteiger partial charge in [0.1, 0.15) is 6.79 Å². The first-order valence-corrected chi connectivity index (χ1v) is 6.41. The molecule has 3 nitrogen and oxygen atoms in total. The third-order valence-corrected chi connectivity index (χ3v) is 2.70. The zero-order valence-corrected chi connectivity index (χ0v) is 13.4. The van der Waals surface area contributed by atoms with Gasteiger partial charge in [0.2, 0.25) is 0 Å². The van der Waals surface area contributed by atoms with Gasteiger partial charge in [0.05, 0.1) is 6.61 Å². The van der Waals surface area contributed by atoms with Crippen molar-refractivity contribution in [3.63, 3.8) is 0 Å². The normalized spacial score (nSPS) is 9.17. The van der Waals surface area contributed by atoms with Crippen LogP contribution in [0.2, 0.25) is 0 Å². The molecule has 0 atom stereocenters. The van der Waals surface area contributed by atoms with Gasteiger partial charge in [0.25, 0.3) is 0 Å². The Bertz CT molecular complexity index is 289. The average Bonchev–Trinajstić information content (AvgIpc) is 2.33. The van der Waals surface area contributed by atoms with Crippen LogP contribution in [0, 0.1) is 13.8 Å². The van der Waals surface area contributed by atoms with Crippen molar-refractivity contribution in [1.82, 2.24) is 4.98 Å². The molecule has 5 heteroatoms. The molecule has 1 heterocycles. The summed E-state index contributed by atoms with van der Waals surface area (Å²) < 4.78 is 11.0. The molecule has 0 amide bonds. The monoisotopic (exact) mass is 309 g/mol. The number of hydrogen-bond acceptors (Lipinski definition) is 3. The molecular formula is C13H21BrLiNO2. The Kier molecular flexibility index (Phi) is 15.4. The second-order valence-corrected chi connectivity index (χ2v) is 4.38. The SMILES string of the molecule is COCOCc1c(C)cncc1Br.[CH2-]CCC.[Li+]. The van der Waals surface area contributed by atoms with Crippen molar-refractivity contribution in [3.8, 4) is 0 Å². The summed E-state index contributed by atoms with van der Waals surface area (Å²) in [5.41, 5.74) is 2.23. The number of halogens is 1. The number of unbranched alkanes of at least 4 members (excludes halogenated alkanes) is 1. The van der Waals surface area contributed by atoms with Gasteiger partial charge in [-0.3, -0.25) is 4.98 Å². The fourth-order valence-corrected chi connectivity index (χ4v) is 1.51. The Labute approximate surface area is 131 Å². The number of pyridine rings is 1. The molecule has 1 aromatic rings. The van der Waals surface area contributed by atoms with Gasteiger partial charge < -0.3 is 16.4 Å². The summed E-state index contributed by atoms with van der Waals surface area (Å²) >= 11 is 3.42. The second-order valence-electron chi connectivity index (χ2n) is 3.53. The molecule has 1 aromatic heterocycles. The van der Waals surface area contributed by atoms with E-state index in [-0.39, 0.29) is 18.9 Å². The Balaban J connectivity index is 0. The van der Waals surface area contributed by atoms with Crippen molar-refractivity contribution < 1.29 is 28.3 Å². The van der Waals surface area contributed by atoms with Crippen molar-refractivity contribution in [1.29, 1.82) is 0 Å². The topological polar surface area (TPSA) is 31.4 Å². The van der Waals surface area contributed by atoms with Crippen LogP contribution in [0.1, 0.15) is 30.9 Å². The summed E-state index contributed by atoms with van der Waals surface area (Å²) in [6.07, 6.45) is 5.86. The minimum absolute atomic E-state index is 0. The zero-order chi connectivity index (χ0) is 13.1. The van der Waals surface area contributed by atoms with Crippen molar-refractivity contribution in [2.24, 2.45) is 0 Å². The first-order chi connectivity index (χ1) is 8.17. The molecule has 1 rings (SSSR count). The molecule has 0 fully saturated rings. The van der Waals surface area contributed by atoms with Crippen molar-refractivity contribution in [2.45, 2.75) is 33.3 Å². The van der Waals surface area contributed by atoms with Gasteiger partial charge in [-0.05, 0) is 34.0 Å². The van der Waals surface area contributed by atoms with E-state index in [0.29, 0.717) is 13.4 Å². The molecule has 0 unspecified atom stereocenters. The van der Waals surface area contributed by atoms with Crippen LogP contribution in [0.15, 0.2) is 16.9 Å². The summed E-state index contributed by atoms with van der Waals surface area (Å²) in [6.45, 7) is 8.58. The molecule has 0 N–H and O–H groups in total. The Hall–Kier alpha value is 0.147. The molecule has 18 heavy (non-hydrogen) atoms. The fourth-order valence-electron chi connectivity index (χ4n) is 0.969. The number of hydrogen-bond donors (Lipinski definition) is 0. The van der Waals surface area contributed by atoms with Crippen LogP contribution in [0.5, 0.6) is 0 Å². The van der Waals surface area contributed by atoms with Crippen LogP contribution < -0.4 is 18.9 Å². The molecule has 0 aliphatic heterocycles. The maximum Gasteiger partial charge on any atom is 1.00 e. The van der Waals surface area contributed by atoms with Crippen molar-refractivity contribution in [3.05, 3.63) is 34.9 Å². The number of rotatable bonds is 5. The van der Waals surface area contributed by atoms with E-state index in [0.717, 1.165) is 22.0 Å². The third-order valence-electron chi connectivity index (χ3n) is 2.02. The maximum atomic E-state index is 5.25. The number of nitrogens with zero attached hydrogens (tertiary/aromatic N) is 1. The summed E-state index contributed by atoms with van der Waals surface area (Å²) in [4.78, 5) is 4.04. The molecule has 0 aliphatic rings. The number of ether oxygens (including phenoxy) is 2. The predicted octanol–water partition coefficient (Wildman–Crippen LogP) is 0.898. The molecule has 98 valence electrons. The smallest absolute Gasteiger partial charge is 0.359 e. The first-order valence-electron chi connectivity index (χ1n) is 5.62. The third kappa shape index (κ3) is 9.13. The van der Waals surface area contributed by atoms with E-state index in [1.165, 1.54) is 6.42 Å². The summed E-state index contributed by atoms with van der Waals surface area (Å²) in [6, 6.07) is 0. The molecule has 0 spiro atoms. The first kappa shape index (κ1) is 20.5. The second kappa shape index (κ2) is 13.6. The largest absolute Gasteiger partial charge is 1.00 e. The Morgan fingerprint density at radius 2 is 2.00 bits per heavy atom. The van der Waals surface area contributed by atoms with Gasteiger partial charge in [-0.2, -0.15) is 6.42 Å². The van der Waals surface area contributed by atoms with Gasteiger partial charge in [0, 0.05) is 24.0 Å². The molecular weight excluding hydrogens is 289 g/mol. The van der Waals surface area contributed by atoms with Crippen molar-refractivity contribution in [2.75, 3.05) is 13.9 Å². The zero-order valence-electron chi connectivity index (χ0n) is 11.8. The van der Waals surface area contributed by atoms with E-state index >= 15 is 0 Å². The number of aryl methyl sites for hydroxylation is 1. The number of aromatic nitrogens is 1. The van der Waals surface area contributed by atoms with E-state index in [1.54, 1.807) is 13.3 Å². The van der Waals surface area contributed by atoms with Crippen LogP contribution in [0.25, 0.3) is 0 Å². The average molecular weight is 310 g/mol. The van der Waals surface area contributed by atoms with E-state index in [9.17, 15) is 0 Å². The molecule has 0 aliphatic carbocycles. The number of methoxy groups -OCH3 is 1. The quantitative estimate of drug-likeness (QED) is 0.350. The van der Waals surface area contributed by atoms with Crippen LogP contribution in [0.3, 0.4) is 0 Å². The minimum Gasteiger partial charge on any atom is -0.359 e. The van der Waals surface area contributed by atoms with Crippen molar-refractivity contribution >= 4 is 15.9 Å². The van der Waals surface area contributed by atoms with Crippen LogP contribution in [-0.4, -0.2) is 18.9 Å². The van der Waals surface area contributed by atoms with Gasteiger partial charge >= 0.3 is 18.9 Å². The fraction of sp³-hybridized carbons (Fsp3) is 0.538. The van der Waals surface area contributed by atoms with Gasteiger partial charge in [-0.25, -0.2) is 0 Å². The van der Waals surface area contributed by atoms with Crippen LogP contribution in [-0.2, 0) is 16.1 Å². The standard InChI is InChI=1S/C9H12BrNO2.C4H9.Li/c1-7-3-11-4-9(10)8(7)5-13-6-12-2;1-3-4-2;/h3-4H,5-6H2,1-2H3;1,3-4H2,2H3;/q;-1;+1. The van der Waals surface area contributed by atoms with Crippen LogP contribution >= 0.6 is 15.9 Å². The molecule has 0 saturated heterocycles. The van der Waals surface area contributed by atoms with Gasteiger partial charge in [-0.15, -0.1) is 0 Å². The van der Waals surface area contributed by atoms with Gasteiger partial charge in [-0.1, -0.05) is 13.3 Å². The Morgan fingerprint density at radius 1 is 1.39 bits per heavy atom. The molecule has 0 bridgehead atoms. The Morgan fingerprint density at radius 3 is 2.44 bits per heavy atom. The minimum atomic E-state index is 0. The maximum absolute atomic E-state index is 5.25. The van der Waals surface area contributed by atoms with E-state index < -0.39 is 0 Å². The van der Waals surface area contributed by atoms with E-state index in [4.69, 9.17) is 9.47 Å². The van der Waals surface area contributed by atoms with E-state index in [1.807, 2.05) is 13.1 Å². The predicted molar refractivity (Wildman–Crippen MR) is 73.6 cm³/mol. The molecule has 0 radical (unpaired) electrons. The molecule has 0 aromatic carbocycles. The summed E-state index contributed by atoms with van der Waals surface area (Å²) in [5.74, 6) is 0.